The number of oxime groups is 1. The predicted molar refractivity (Wildman–Crippen MR) is 96.1 cm³/mol. The summed E-state index contributed by atoms with van der Waals surface area (Å²) in [5, 5.41) is 22.9. The van der Waals surface area contributed by atoms with Gasteiger partial charge in [0.1, 0.15) is 0 Å². The molecule has 0 aromatic heterocycles. The standard InChI is InChI=1S/C21H31NO2/c1-13(22-24)17-6-7-18-16-5-4-14-12-15(23)8-10-20(14,2)19(16)9-11-21(17,18)3/h4-5,15,17-19,23-24H,6-12H2,1-3H3/t15-,17+,18-,19-,20-,21+/m0/s1. The summed E-state index contributed by atoms with van der Waals surface area (Å²) >= 11 is 0. The summed E-state index contributed by atoms with van der Waals surface area (Å²) in [6.45, 7) is 6.85. The molecule has 6 atom stereocenters. The number of aliphatic hydroxyl groups excluding tert-OH is 1. The first-order valence-electron chi connectivity index (χ1n) is 9.68. The van der Waals surface area contributed by atoms with Gasteiger partial charge in [-0.15, -0.1) is 0 Å². The van der Waals surface area contributed by atoms with Crippen LogP contribution >= 0.6 is 0 Å². The molecule has 0 saturated heterocycles. The van der Waals surface area contributed by atoms with Crippen molar-refractivity contribution in [3.05, 3.63) is 23.3 Å². The van der Waals surface area contributed by atoms with Crippen molar-refractivity contribution >= 4 is 5.71 Å². The minimum absolute atomic E-state index is 0.146. The lowest BCUT2D eigenvalue weighted by atomic mass is 9.50. The van der Waals surface area contributed by atoms with E-state index in [2.05, 4.69) is 31.2 Å². The van der Waals surface area contributed by atoms with E-state index < -0.39 is 0 Å². The number of allylic oxidation sites excluding steroid dienone is 3. The van der Waals surface area contributed by atoms with E-state index in [1.165, 1.54) is 24.8 Å². The third-order valence-electron chi connectivity index (χ3n) is 8.21. The van der Waals surface area contributed by atoms with E-state index in [0.29, 0.717) is 17.8 Å². The fraction of sp³-hybridized carbons (Fsp3) is 0.762. The van der Waals surface area contributed by atoms with E-state index in [-0.39, 0.29) is 16.9 Å². The molecule has 0 heterocycles. The van der Waals surface area contributed by atoms with Gasteiger partial charge in [-0.25, -0.2) is 0 Å². The quantitative estimate of drug-likeness (QED) is 0.416. The number of nitrogens with zero attached hydrogens (tertiary/aromatic N) is 1. The Labute approximate surface area is 145 Å². The van der Waals surface area contributed by atoms with Crippen LogP contribution < -0.4 is 0 Å². The highest BCUT2D eigenvalue weighted by Gasteiger charge is 2.56. The number of aliphatic hydroxyl groups is 1. The van der Waals surface area contributed by atoms with Crippen LogP contribution in [0.4, 0.5) is 0 Å². The van der Waals surface area contributed by atoms with Crippen molar-refractivity contribution in [3.8, 4) is 0 Å². The van der Waals surface area contributed by atoms with Crippen LogP contribution in [0.3, 0.4) is 0 Å². The lowest BCUT2D eigenvalue weighted by Crippen LogP contribution is -2.46. The highest BCUT2D eigenvalue weighted by molar-refractivity contribution is 5.85. The van der Waals surface area contributed by atoms with Crippen molar-refractivity contribution in [2.45, 2.75) is 71.8 Å². The molecule has 0 spiro atoms. The van der Waals surface area contributed by atoms with E-state index in [1.54, 1.807) is 5.57 Å². The maximum Gasteiger partial charge on any atom is 0.0578 e. The molecule has 0 unspecified atom stereocenters. The van der Waals surface area contributed by atoms with Gasteiger partial charge in [-0.05, 0) is 74.5 Å². The number of fused-ring (bicyclic) bond motifs is 5. The van der Waals surface area contributed by atoms with Crippen molar-refractivity contribution in [1.29, 1.82) is 0 Å². The summed E-state index contributed by atoms with van der Waals surface area (Å²) in [6, 6.07) is 0. The van der Waals surface area contributed by atoms with Crippen LogP contribution in [0.15, 0.2) is 28.5 Å². The first-order valence-corrected chi connectivity index (χ1v) is 9.68. The van der Waals surface area contributed by atoms with Crippen molar-refractivity contribution in [3.63, 3.8) is 0 Å². The summed E-state index contributed by atoms with van der Waals surface area (Å²) in [6.07, 6.45) is 12.3. The third kappa shape index (κ3) is 2.09. The summed E-state index contributed by atoms with van der Waals surface area (Å²) in [5.41, 5.74) is 4.54. The molecule has 3 fully saturated rings. The molecule has 0 amide bonds. The average molecular weight is 329 g/mol. The Balaban J connectivity index is 1.71. The molecule has 4 rings (SSSR count). The molecule has 24 heavy (non-hydrogen) atoms. The second-order valence-electron chi connectivity index (χ2n) is 9.19. The molecule has 0 aromatic carbocycles. The van der Waals surface area contributed by atoms with Crippen molar-refractivity contribution in [2.24, 2.45) is 33.7 Å². The molecule has 3 saturated carbocycles. The van der Waals surface area contributed by atoms with Crippen LogP contribution in [0.5, 0.6) is 0 Å². The van der Waals surface area contributed by atoms with Gasteiger partial charge < -0.3 is 10.3 Å². The van der Waals surface area contributed by atoms with Crippen LogP contribution in [0.2, 0.25) is 0 Å². The smallest absolute Gasteiger partial charge is 0.0578 e. The monoisotopic (exact) mass is 329 g/mol. The first-order chi connectivity index (χ1) is 11.4. The molecule has 4 aliphatic carbocycles. The minimum Gasteiger partial charge on any atom is -0.411 e. The fourth-order valence-electron chi connectivity index (χ4n) is 6.74. The van der Waals surface area contributed by atoms with Crippen molar-refractivity contribution < 1.29 is 10.3 Å². The predicted octanol–water partition coefficient (Wildman–Crippen LogP) is 4.70. The Morgan fingerprint density at radius 3 is 2.62 bits per heavy atom. The molecular weight excluding hydrogens is 298 g/mol. The second-order valence-corrected chi connectivity index (χ2v) is 9.19. The SMILES string of the molecule is CC(=NO)[C@H]1CC[C@H]2C3=CC=C4C[C@@H](O)CC[C@]4(C)[C@H]3CC[C@]12C. The van der Waals surface area contributed by atoms with Gasteiger partial charge in [0, 0.05) is 5.92 Å². The Morgan fingerprint density at radius 1 is 1.08 bits per heavy atom. The van der Waals surface area contributed by atoms with Gasteiger partial charge in [0.15, 0.2) is 0 Å². The fourth-order valence-corrected chi connectivity index (χ4v) is 6.74. The van der Waals surface area contributed by atoms with Crippen LogP contribution in [0, 0.1) is 28.6 Å². The number of hydrogen-bond donors (Lipinski definition) is 2. The maximum absolute atomic E-state index is 10.1. The van der Waals surface area contributed by atoms with E-state index in [0.717, 1.165) is 31.4 Å². The maximum atomic E-state index is 10.1. The molecule has 0 radical (unpaired) electrons. The van der Waals surface area contributed by atoms with Crippen LogP contribution in [-0.2, 0) is 0 Å². The lowest BCUT2D eigenvalue weighted by molar-refractivity contribution is 0.0527. The van der Waals surface area contributed by atoms with Crippen molar-refractivity contribution in [2.75, 3.05) is 0 Å². The van der Waals surface area contributed by atoms with Crippen LogP contribution in [0.1, 0.15) is 65.7 Å². The van der Waals surface area contributed by atoms with Gasteiger partial charge >= 0.3 is 0 Å². The summed E-state index contributed by atoms with van der Waals surface area (Å²) in [7, 11) is 0. The van der Waals surface area contributed by atoms with E-state index in [9.17, 15) is 10.3 Å². The summed E-state index contributed by atoms with van der Waals surface area (Å²) < 4.78 is 0. The Bertz CT molecular complexity index is 634. The van der Waals surface area contributed by atoms with Crippen molar-refractivity contribution in [1.82, 2.24) is 0 Å². The van der Waals surface area contributed by atoms with Gasteiger partial charge in [0.25, 0.3) is 0 Å². The molecule has 0 aromatic rings. The van der Waals surface area contributed by atoms with Gasteiger partial charge in [0.05, 0.1) is 11.8 Å². The number of hydrogen-bond acceptors (Lipinski definition) is 3. The van der Waals surface area contributed by atoms with Crippen LogP contribution in [0.25, 0.3) is 0 Å². The summed E-state index contributed by atoms with van der Waals surface area (Å²) in [5.74, 6) is 1.69. The molecule has 2 N–H and O–H groups in total. The highest BCUT2D eigenvalue weighted by atomic mass is 16.4. The van der Waals surface area contributed by atoms with E-state index in [4.69, 9.17) is 0 Å². The topological polar surface area (TPSA) is 52.8 Å². The van der Waals surface area contributed by atoms with Gasteiger partial charge in [-0.2, -0.15) is 0 Å². The zero-order chi connectivity index (χ0) is 17.1. The molecule has 4 aliphatic rings. The highest BCUT2D eigenvalue weighted by Crippen LogP contribution is 2.65. The molecule has 3 nitrogen and oxygen atoms in total. The summed E-state index contributed by atoms with van der Waals surface area (Å²) in [4.78, 5) is 0. The zero-order valence-electron chi connectivity index (χ0n) is 15.3. The van der Waals surface area contributed by atoms with Gasteiger partial charge in [-0.3, -0.25) is 0 Å². The van der Waals surface area contributed by atoms with Gasteiger partial charge in [-0.1, -0.05) is 42.3 Å². The van der Waals surface area contributed by atoms with E-state index in [1.807, 2.05) is 6.92 Å². The molecule has 132 valence electrons. The van der Waals surface area contributed by atoms with Crippen LogP contribution in [-0.4, -0.2) is 22.1 Å². The molecule has 3 heteroatoms. The normalized spacial score (nSPS) is 48.1. The largest absolute Gasteiger partial charge is 0.411 e. The lowest BCUT2D eigenvalue weighted by Gasteiger charge is -2.54. The zero-order valence-corrected chi connectivity index (χ0v) is 15.3. The Kier molecular flexibility index (Phi) is 3.72. The Morgan fingerprint density at radius 2 is 1.88 bits per heavy atom. The Hall–Kier alpha value is -1.09. The third-order valence-corrected chi connectivity index (χ3v) is 8.21. The molecule has 0 aliphatic heterocycles. The van der Waals surface area contributed by atoms with E-state index >= 15 is 0 Å². The second kappa shape index (κ2) is 5.45. The molecular formula is C21H31NO2. The minimum atomic E-state index is -0.146. The molecule has 0 bridgehead atoms. The van der Waals surface area contributed by atoms with Gasteiger partial charge in [0.2, 0.25) is 0 Å². The first kappa shape index (κ1) is 16.4. The number of rotatable bonds is 1. The average Bonchev–Trinajstić information content (AvgIpc) is 2.92.